The van der Waals surface area contributed by atoms with Crippen molar-refractivity contribution in [1.82, 2.24) is 24.6 Å². The Kier molecular flexibility index (Phi) is 3.68. The number of nitrogens with zero attached hydrogens (tertiary/aromatic N) is 5. The van der Waals surface area contributed by atoms with Gasteiger partial charge in [-0.2, -0.15) is 0 Å². The lowest BCUT2D eigenvalue weighted by Crippen LogP contribution is -2.56. The number of furan rings is 1. The molecule has 0 N–H and O–H groups in total. The van der Waals surface area contributed by atoms with Crippen molar-refractivity contribution >= 4 is 5.91 Å². The number of carbonyl (C=O) groups excluding carboxylic acids is 1. The van der Waals surface area contributed by atoms with E-state index in [1.807, 2.05) is 24.0 Å². The van der Waals surface area contributed by atoms with Crippen LogP contribution < -0.4 is 0 Å². The summed E-state index contributed by atoms with van der Waals surface area (Å²) in [7, 11) is 2.13. The highest BCUT2D eigenvalue weighted by Crippen LogP contribution is 2.36. The number of aryl methyl sites for hydroxylation is 1. The van der Waals surface area contributed by atoms with Gasteiger partial charge in [-0.15, -0.1) is 10.2 Å². The molecule has 24 heavy (non-hydrogen) atoms. The number of rotatable bonds is 2. The molecule has 1 amide bonds. The van der Waals surface area contributed by atoms with Crippen LogP contribution in [0.3, 0.4) is 0 Å². The first-order chi connectivity index (χ1) is 11.6. The van der Waals surface area contributed by atoms with E-state index in [-0.39, 0.29) is 11.4 Å². The zero-order valence-electron chi connectivity index (χ0n) is 14.2. The van der Waals surface area contributed by atoms with Gasteiger partial charge in [0.1, 0.15) is 17.4 Å². The fourth-order valence-electron chi connectivity index (χ4n) is 4.22. The number of hydrogen-bond donors (Lipinski definition) is 0. The van der Waals surface area contributed by atoms with E-state index in [2.05, 4.69) is 26.7 Å². The molecule has 0 bridgehead atoms. The van der Waals surface area contributed by atoms with Gasteiger partial charge in [0, 0.05) is 19.6 Å². The number of likely N-dealkylation sites (tertiary alicyclic amines) is 1. The van der Waals surface area contributed by atoms with Crippen LogP contribution in [0.5, 0.6) is 0 Å². The summed E-state index contributed by atoms with van der Waals surface area (Å²) in [6.45, 7) is 5.38. The van der Waals surface area contributed by atoms with E-state index in [0.717, 1.165) is 56.4 Å². The summed E-state index contributed by atoms with van der Waals surface area (Å²) in [6.07, 6.45) is 3.83. The summed E-state index contributed by atoms with van der Waals surface area (Å²) in [5.41, 5.74) is 0.0113. The van der Waals surface area contributed by atoms with E-state index >= 15 is 0 Å². The lowest BCUT2D eigenvalue weighted by Gasteiger charge is -2.48. The second-order valence-electron chi connectivity index (χ2n) is 7.03. The van der Waals surface area contributed by atoms with Crippen molar-refractivity contribution in [3.63, 3.8) is 0 Å². The van der Waals surface area contributed by atoms with Crippen molar-refractivity contribution in [2.45, 2.75) is 38.3 Å². The zero-order chi connectivity index (χ0) is 16.7. The Hall–Kier alpha value is -2.15. The molecule has 2 aliphatic rings. The van der Waals surface area contributed by atoms with Crippen molar-refractivity contribution in [2.75, 3.05) is 26.7 Å². The summed E-state index contributed by atoms with van der Waals surface area (Å²) in [5.74, 6) is 2.89. The Balaban J connectivity index is 1.49. The number of carbonyl (C=O) groups is 1. The minimum Gasteiger partial charge on any atom is -0.469 e. The van der Waals surface area contributed by atoms with Gasteiger partial charge in [0.25, 0.3) is 0 Å². The molecule has 0 unspecified atom stereocenters. The van der Waals surface area contributed by atoms with Gasteiger partial charge in [-0.25, -0.2) is 0 Å². The van der Waals surface area contributed by atoms with Gasteiger partial charge in [-0.05, 0) is 38.9 Å². The second kappa shape index (κ2) is 5.73. The largest absolute Gasteiger partial charge is 0.469 e. The van der Waals surface area contributed by atoms with Crippen molar-refractivity contribution in [1.29, 1.82) is 0 Å². The first kappa shape index (κ1) is 15.4. The second-order valence-corrected chi connectivity index (χ2v) is 7.03. The summed E-state index contributed by atoms with van der Waals surface area (Å²) >= 11 is 0. The first-order valence-corrected chi connectivity index (χ1v) is 8.47. The van der Waals surface area contributed by atoms with Crippen molar-refractivity contribution in [3.8, 4) is 0 Å². The normalized spacial score (nSPS) is 20.3. The number of fused-ring (bicyclic) bond motifs is 2. The molecule has 2 aliphatic heterocycles. The van der Waals surface area contributed by atoms with Gasteiger partial charge in [0.2, 0.25) is 5.91 Å². The molecule has 2 aromatic heterocycles. The van der Waals surface area contributed by atoms with Crippen LogP contribution >= 0.6 is 0 Å². The zero-order valence-corrected chi connectivity index (χ0v) is 14.2. The van der Waals surface area contributed by atoms with Gasteiger partial charge < -0.3 is 13.9 Å². The van der Waals surface area contributed by atoms with Crippen LogP contribution in [-0.2, 0) is 23.3 Å². The summed E-state index contributed by atoms with van der Waals surface area (Å²) in [4.78, 5) is 16.8. The summed E-state index contributed by atoms with van der Waals surface area (Å²) in [6, 6.07) is 3.67. The van der Waals surface area contributed by atoms with Crippen LogP contribution in [0.2, 0.25) is 0 Å². The molecule has 2 aromatic rings. The lowest BCUT2D eigenvalue weighted by atomic mass is 9.84. The molecule has 128 valence electrons. The Morgan fingerprint density at radius 2 is 2.12 bits per heavy atom. The third kappa shape index (κ3) is 2.53. The minimum absolute atomic E-state index is 0.0113. The molecule has 1 fully saturated rings. The van der Waals surface area contributed by atoms with Crippen molar-refractivity contribution in [2.24, 2.45) is 0 Å². The molecule has 1 saturated heterocycles. The van der Waals surface area contributed by atoms with E-state index in [0.29, 0.717) is 6.42 Å². The molecule has 0 atom stereocenters. The minimum atomic E-state index is 0.0113. The molecule has 0 saturated carbocycles. The van der Waals surface area contributed by atoms with Crippen LogP contribution in [0.15, 0.2) is 22.8 Å². The van der Waals surface area contributed by atoms with Crippen LogP contribution in [0.1, 0.15) is 30.3 Å². The predicted molar refractivity (Wildman–Crippen MR) is 87.3 cm³/mol. The quantitative estimate of drug-likeness (QED) is 0.828. The molecule has 7 nitrogen and oxygen atoms in total. The maximum Gasteiger partial charge on any atom is 0.230 e. The molecule has 0 aromatic carbocycles. The molecule has 0 radical (unpaired) electrons. The molecule has 1 spiro atoms. The van der Waals surface area contributed by atoms with Gasteiger partial charge in [0.05, 0.1) is 24.8 Å². The highest BCUT2D eigenvalue weighted by atomic mass is 16.3. The Morgan fingerprint density at radius 1 is 1.33 bits per heavy atom. The fraction of sp³-hybridized carbons (Fsp3) is 0.588. The number of amides is 1. The standard InChI is InChI=1S/C17H23N5O2/c1-13-18-19-15-11-20(2)12-17(22(13)15)5-7-21(8-6-17)16(23)10-14-4-3-9-24-14/h3-4,9H,5-8,10-12H2,1-2H3. The van der Waals surface area contributed by atoms with E-state index in [1.165, 1.54) is 0 Å². The number of likely N-dealkylation sites (N-methyl/N-ethyl adjacent to an activating group) is 1. The van der Waals surface area contributed by atoms with Gasteiger partial charge in [-0.1, -0.05) is 0 Å². The van der Waals surface area contributed by atoms with Gasteiger partial charge in [-0.3, -0.25) is 9.69 Å². The van der Waals surface area contributed by atoms with E-state index in [4.69, 9.17) is 4.42 Å². The average Bonchev–Trinajstić information content (AvgIpc) is 3.18. The number of aromatic nitrogens is 3. The summed E-state index contributed by atoms with van der Waals surface area (Å²) in [5, 5.41) is 8.62. The lowest BCUT2D eigenvalue weighted by molar-refractivity contribution is -0.133. The van der Waals surface area contributed by atoms with E-state index in [9.17, 15) is 4.79 Å². The topological polar surface area (TPSA) is 67.4 Å². The SMILES string of the molecule is Cc1nnc2n1C1(CCN(C(=O)Cc3ccco3)CC1)CN(C)C2. The molecule has 4 heterocycles. The van der Waals surface area contributed by atoms with Crippen LogP contribution in [0, 0.1) is 6.92 Å². The monoisotopic (exact) mass is 329 g/mol. The molecule has 4 rings (SSSR count). The number of hydrogen-bond acceptors (Lipinski definition) is 5. The maximum atomic E-state index is 12.5. The van der Waals surface area contributed by atoms with Crippen LogP contribution in [-0.4, -0.2) is 57.2 Å². The molecular formula is C17H23N5O2. The Morgan fingerprint density at radius 3 is 2.83 bits per heavy atom. The van der Waals surface area contributed by atoms with Crippen molar-refractivity contribution < 1.29 is 9.21 Å². The average molecular weight is 329 g/mol. The smallest absolute Gasteiger partial charge is 0.230 e. The fourth-order valence-corrected chi connectivity index (χ4v) is 4.22. The first-order valence-electron chi connectivity index (χ1n) is 8.47. The Bertz CT molecular complexity index is 728. The van der Waals surface area contributed by atoms with Crippen LogP contribution in [0.4, 0.5) is 0 Å². The molecule has 0 aliphatic carbocycles. The van der Waals surface area contributed by atoms with Gasteiger partial charge in [0.15, 0.2) is 0 Å². The maximum absolute atomic E-state index is 12.5. The van der Waals surface area contributed by atoms with E-state index < -0.39 is 0 Å². The third-order valence-electron chi connectivity index (χ3n) is 5.29. The molecular weight excluding hydrogens is 306 g/mol. The van der Waals surface area contributed by atoms with Crippen molar-refractivity contribution in [3.05, 3.63) is 35.8 Å². The molecule has 7 heteroatoms. The van der Waals surface area contributed by atoms with E-state index in [1.54, 1.807) is 6.26 Å². The summed E-state index contributed by atoms with van der Waals surface area (Å²) < 4.78 is 7.62. The predicted octanol–water partition coefficient (Wildman–Crippen LogP) is 1.19. The number of piperidine rings is 1. The van der Waals surface area contributed by atoms with Crippen LogP contribution in [0.25, 0.3) is 0 Å². The van der Waals surface area contributed by atoms with Gasteiger partial charge >= 0.3 is 0 Å². The highest BCUT2D eigenvalue weighted by molar-refractivity contribution is 5.78. The third-order valence-corrected chi connectivity index (χ3v) is 5.29. The Labute approximate surface area is 141 Å². The highest BCUT2D eigenvalue weighted by Gasteiger charge is 2.43.